The average molecular weight is 232 g/mol. The topological polar surface area (TPSA) is 54.4 Å². The van der Waals surface area contributed by atoms with Crippen molar-refractivity contribution in [3.8, 4) is 0 Å². The average Bonchev–Trinajstić information content (AvgIpc) is 2.24. The molecule has 0 aliphatic heterocycles. The van der Waals surface area contributed by atoms with Gasteiger partial charge in [0.15, 0.2) is 0 Å². The molecule has 1 aromatic carbocycles. The number of aliphatic carboxylic acids is 1. The first-order valence-electron chi connectivity index (χ1n) is 5.35. The fourth-order valence-electron chi connectivity index (χ4n) is 1.44. The van der Waals surface area contributed by atoms with Gasteiger partial charge in [-0.1, -0.05) is 45.0 Å². The molecule has 0 aliphatic rings. The zero-order valence-electron chi connectivity index (χ0n) is 10.2. The van der Waals surface area contributed by atoms with Gasteiger partial charge in [0.2, 0.25) is 0 Å². The summed E-state index contributed by atoms with van der Waals surface area (Å²) in [7, 11) is 0. The molecule has 0 aliphatic carbocycles. The Bertz CT molecular complexity index is 447. The number of hydrogen-bond acceptors (Lipinski definition) is 2. The lowest BCUT2D eigenvalue weighted by atomic mass is 9.85. The first kappa shape index (κ1) is 13.2. The molecule has 3 heteroatoms. The summed E-state index contributed by atoms with van der Waals surface area (Å²) in [5.74, 6) is -0.919. The summed E-state index contributed by atoms with van der Waals surface area (Å²) in [6.07, 6.45) is 2.40. The minimum Gasteiger partial charge on any atom is -0.478 e. The number of carbonyl (C=O) groups excluding carboxylic acids is 1. The van der Waals surface area contributed by atoms with E-state index < -0.39 is 11.4 Å². The second-order valence-electron chi connectivity index (χ2n) is 4.90. The third kappa shape index (κ3) is 3.55. The van der Waals surface area contributed by atoms with E-state index >= 15 is 0 Å². The number of aldehydes is 1. The van der Waals surface area contributed by atoms with E-state index in [1.165, 1.54) is 0 Å². The number of hydrogen-bond donors (Lipinski definition) is 1. The van der Waals surface area contributed by atoms with Gasteiger partial charge >= 0.3 is 5.97 Å². The van der Waals surface area contributed by atoms with Gasteiger partial charge < -0.3 is 5.11 Å². The lowest BCUT2D eigenvalue weighted by molar-refractivity contribution is -0.133. The highest BCUT2D eigenvalue weighted by atomic mass is 16.4. The van der Waals surface area contributed by atoms with Crippen LogP contribution in [0.2, 0.25) is 0 Å². The smallest absolute Gasteiger partial charge is 0.332 e. The Morgan fingerprint density at radius 1 is 1.12 bits per heavy atom. The predicted octanol–water partition coefficient (Wildman–Crippen LogP) is 3.01. The zero-order chi connectivity index (χ0) is 13.1. The summed E-state index contributed by atoms with van der Waals surface area (Å²) < 4.78 is 0. The van der Waals surface area contributed by atoms with Crippen LogP contribution in [0.25, 0.3) is 6.08 Å². The molecule has 1 aromatic rings. The maximum Gasteiger partial charge on any atom is 0.332 e. The first-order valence-corrected chi connectivity index (χ1v) is 5.35. The molecule has 0 bridgehead atoms. The summed E-state index contributed by atoms with van der Waals surface area (Å²) in [5.41, 5.74) is 1.28. The highest BCUT2D eigenvalue weighted by Crippen LogP contribution is 2.27. The summed E-state index contributed by atoms with van der Waals surface area (Å²) >= 11 is 0. The van der Waals surface area contributed by atoms with Crippen molar-refractivity contribution in [1.29, 1.82) is 0 Å². The third-order valence-electron chi connectivity index (χ3n) is 2.42. The number of carbonyl (C=O) groups is 2. The Balaban J connectivity index is 3.13. The van der Waals surface area contributed by atoms with Gasteiger partial charge in [0.25, 0.3) is 0 Å². The first-order chi connectivity index (χ1) is 7.84. The Kier molecular flexibility index (Phi) is 3.84. The molecule has 0 heterocycles. The van der Waals surface area contributed by atoms with Crippen molar-refractivity contribution in [3.63, 3.8) is 0 Å². The van der Waals surface area contributed by atoms with Crippen LogP contribution in [0, 0.1) is 5.41 Å². The van der Waals surface area contributed by atoms with Crippen LogP contribution in [0.5, 0.6) is 0 Å². The lowest BCUT2D eigenvalue weighted by Gasteiger charge is -2.19. The molecule has 1 rings (SSSR count). The maximum absolute atomic E-state index is 11.1. The summed E-state index contributed by atoms with van der Waals surface area (Å²) in [6.45, 7) is 5.56. The molecule has 0 atom stereocenters. The third-order valence-corrected chi connectivity index (χ3v) is 2.42. The molecule has 1 N–H and O–H groups in total. The van der Waals surface area contributed by atoms with E-state index in [9.17, 15) is 9.59 Å². The highest BCUT2D eigenvalue weighted by Gasteiger charge is 2.23. The maximum atomic E-state index is 11.1. The van der Waals surface area contributed by atoms with E-state index in [2.05, 4.69) is 0 Å². The van der Waals surface area contributed by atoms with Gasteiger partial charge in [0.1, 0.15) is 6.29 Å². The normalized spacial score (nSPS) is 12.3. The molecule has 0 aromatic heterocycles. The Morgan fingerprint density at radius 3 is 1.94 bits per heavy atom. The molecule has 17 heavy (non-hydrogen) atoms. The van der Waals surface area contributed by atoms with Crippen molar-refractivity contribution in [2.45, 2.75) is 20.8 Å². The van der Waals surface area contributed by atoms with Crippen molar-refractivity contribution in [2.24, 2.45) is 5.41 Å². The van der Waals surface area contributed by atoms with Gasteiger partial charge in [-0.2, -0.15) is 0 Å². The molecule has 0 amide bonds. The van der Waals surface area contributed by atoms with E-state index in [-0.39, 0.29) is 0 Å². The second kappa shape index (κ2) is 4.95. The summed E-state index contributed by atoms with van der Waals surface area (Å²) in [4.78, 5) is 21.6. The van der Waals surface area contributed by atoms with Gasteiger partial charge in [-0.05, 0) is 17.1 Å². The second-order valence-corrected chi connectivity index (χ2v) is 4.90. The Labute approximate surface area is 101 Å². The van der Waals surface area contributed by atoms with E-state index in [1.54, 1.807) is 30.3 Å². The van der Waals surface area contributed by atoms with Crippen molar-refractivity contribution < 1.29 is 14.7 Å². The van der Waals surface area contributed by atoms with Crippen molar-refractivity contribution in [1.82, 2.24) is 0 Å². The number of rotatable bonds is 3. The van der Waals surface area contributed by atoms with Crippen LogP contribution in [0.15, 0.2) is 29.8 Å². The molecule has 3 nitrogen and oxygen atoms in total. The molecular weight excluding hydrogens is 216 g/mol. The van der Waals surface area contributed by atoms with Gasteiger partial charge in [0, 0.05) is 11.1 Å². The predicted molar refractivity (Wildman–Crippen MR) is 66.9 cm³/mol. The fourth-order valence-corrected chi connectivity index (χ4v) is 1.44. The molecule has 0 radical (unpaired) electrons. The van der Waals surface area contributed by atoms with Crippen LogP contribution in [0.4, 0.5) is 0 Å². The van der Waals surface area contributed by atoms with Crippen LogP contribution in [-0.2, 0) is 4.79 Å². The van der Waals surface area contributed by atoms with E-state index in [0.29, 0.717) is 11.1 Å². The fraction of sp³-hybridized carbons (Fsp3) is 0.286. The van der Waals surface area contributed by atoms with E-state index in [1.807, 2.05) is 20.8 Å². The molecule has 90 valence electrons. The Morgan fingerprint density at radius 2 is 1.59 bits per heavy atom. The van der Waals surface area contributed by atoms with Crippen LogP contribution >= 0.6 is 0 Å². The summed E-state index contributed by atoms with van der Waals surface area (Å²) in [5, 5.41) is 9.15. The van der Waals surface area contributed by atoms with Crippen LogP contribution in [-0.4, -0.2) is 17.4 Å². The quantitative estimate of drug-likeness (QED) is 0.643. The van der Waals surface area contributed by atoms with Crippen molar-refractivity contribution in [2.75, 3.05) is 0 Å². The SMILES string of the molecule is CC(C)(C)C(=Cc1ccc(C=O)cc1)C(=O)O. The molecular formula is C14H16O3. The standard InChI is InChI=1S/C14H16O3/c1-14(2,3)12(13(16)17)8-10-4-6-11(9-15)7-5-10/h4-9H,1-3H3,(H,16,17). The highest BCUT2D eigenvalue weighted by molar-refractivity contribution is 5.93. The lowest BCUT2D eigenvalue weighted by Crippen LogP contribution is -2.17. The number of carboxylic acids is 1. The van der Waals surface area contributed by atoms with Gasteiger partial charge in [0.05, 0.1) is 0 Å². The van der Waals surface area contributed by atoms with E-state index in [0.717, 1.165) is 11.8 Å². The van der Waals surface area contributed by atoms with Gasteiger partial charge in [-0.25, -0.2) is 4.79 Å². The molecule has 0 saturated heterocycles. The van der Waals surface area contributed by atoms with Gasteiger partial charge in [-0.3, -0.25) is 4.79 Å². The molecule has 0 spiro atoms. The van der Waals surface area contributed by atoms with E-state index in [4.69, 9.17) is 5.11 Å². The molecule has 0 saturated carbocycles. The monoisotopic (exact) mass is 232 g/mol. The molecule has 0 unspecified atom stereocenters. The van der Waals surface area contributed by atoms with Gasteiger partial charge in [-0.15, -0.1) is 0 Å². The minimum absolute atomic E-state index is 0.344. The largest absolute Gasteiger partial charge is 0.478 e. The van der Waals surface area contributed by atoms with Crippen molar-refractivity contribution in [3.05, 3.63) is 41.0 Å². The van der Waals surface area contributed by atoms with Crippen LogP contribution in [0.3, 0.4) is 0 Å². The number of carboxylic acid groups (broad SMARTS) is 1. The molecule has 0 fully saturated rings. The number of benzene rings is 1. The van der Waals surface area contributed by atoms with Crippen LogP contribution in [0.1, 0.15) is 36.7 Å². The van der Waals surface area contributed by atoms with Crippen LogP contribution < -0.4 is 0 Å². The minimum atomic E-state index is -0.919. The Hall–Kier alpha value is -1.90. The van der Waals surface area contributed by atoms with Crippen molar-refractivity contribution >= 4 is 18.3 Å². The summed E-state index contributed by atoms with van der Waals surface area (Å²) in [6, 6.07) is 6.80. The zero-order valence-corrected chi connectivity index (χ0v) is 10.2.